The van der Waals surface area contributed by atoms with Gasteiger partial charge in [0.05, 0.1) is 11.5 Å². The van der Waals surface area contributed by atoms with E-state index in [1.165, 1.54) is 16.4 Å². The van der Waals surface area contributed by atoms with Crippen LogP contribution in [0.5, 0.6) is 0 Å². The lowest BCUT2D eigenvalue weighted by Crippen LogP contribution is -2.41. The number of rotatable bonds is 7. The molecule has 2 aromatic rings. The van der Waals surface area contributed by atoms with Gasteiger partial charge in [-0.2, -0.15) is 4.31 Å². The average molecular weight is 478 g/mol. The van der Waals surface area contributed by atoms with Crippen LogP contribution in [-0.2, 0) is 19.6 Å². The topological polar surface area (TPSA) is 105 Å². The standard InChI is InChI=1S/C23H28FN3O5S/c1-16(2)15-32-23(29)26-20-5-3-4-19(14-20)25-22(28)17-10-12-27(13-11-17)33(30,31)21-8-6-18(24)7-9-21/h3-9,14,16-17H,10-13,15H2,1-2H3,(H,25,28)(H,26,29). The summed E-state index contributed by atoms with van der Waals surface area (Å²) in [6, 6.07) is 11.4. The van der Waals surface area contributed by atoms with Crippen molar-refractivity contribution in [1.29, 1.82) is 0 Å². The lowest BCUT2D eigenvalue weighted by molar-refractivity contribution is -0.120. The molecule has 0 aliphatic carbocycles. The lowest BCUT2D eigenvalue weighted by atomic mass is 9.97. The number of halogens is 1. The second kappa shape index (κ2) is 10.8. The number of sulfonamides is 1. The average Bonchev–Trinajstić information content (AvgIpc) is 2.78. The van der Waals surface area contributed by atoms with E-state index in [9.17, 15) is 22.4 Å². The fourth-order valence-electron chi connectivity index (χ4n) is 3.43. The molecule has 0 spiro atoms. The van der Waals surface area contributed by atoms with E-state index in [0.29, 0.717) is 30.8 Å². The molecule has 1 aliphatic rings. The molecule has 0 unspecified atom stereocenters. The number of nitrogens with zero attached hydrogens (tertiary/aromatic N) is 1. The summed E-state index contributed by atoms with van der Waals surface area (Å²) in [5, 5.41) is 5.45. The second-order valence-corrected chi connectivity index (χ2v) is 10.3. The summed E-state index contributed by atoms with van der Waals surface area (Å²) >= 11 is 0. The molecule has 0 bridgehead atoms. The minimum Gasteiger partial charge on any atom is -0.449 e. The molecule has 2 N–H and O–H groups in total. The summed E-state index contributed by atoms with van der Waals surface area (Å²) < 4.78 is 45.0. The van der Waals surface area contributed by atoms with E-state index in [-0.39, 0.29) is 35.7 Å². The molecule has 2 aromatic carbocycles. The monoisotopic (exact) mass is 477 g/mol. The first-order valence-corrected chi connectivity index (χ1v) is 12.2. The molecule has 178 valence electrons. The van der Waals surface area contributed by atoms with Crippen molar-refractivity contribution in [2.24, 2.45) is 11.8 Å². The molecular formula is C23H28FN3O5S. The van der Waals surface area contributed by atoms with Crippen molar-refractivity contribution < 1.29 is 27.1 Å². The van der Waals surface area contributed by atoms with Crippen LogP contribution in [-0.4, -0.2) is 44.4 Å². The Hall–Kier alpha value is -2.98. The van der Waals surface area contributed by atoms with Gasteiger partial charge in [-0.1, -0.05) is 19.9 Å². The van der Waals surface area contributed by atoms with Gasteiger partial charge < -0.3 is 10.1 Å². The Bertz CT molecular complexity index is 1080. The minimum atomic E-state index is -3.73. The lowest BCUT2D eigenvalue weighted by Gasteiger charge is -2.30. The number of benzene rings is 2. The Kier molecular flexibility index (Phi) is 8.04. The molecule has 0 radical (unpaired) electrons. The third-order valence-electron chi connectivity index (χ3n) is 5.20. The number of ether oxygens (including phenoxy) is 1. The van der Waals surface area contributed by atoms with Crippen LogP contribution in [0.4, 0.5) is 20.6 Å². The molecule has 3 rings (SSSR count). The van der Waals surface area contributed by atoms with Gasteiger partial charge in [0.25, 0.3) is 0 Å². The molecule has 10 heteroatoms. The van der Waals surface area contributed by atoms with Crippen molar-refractivity contribution in [2.75, 3.05) is 30.3 Å². The number of amides is 2. The molecule has 0 saturated carbocycles. The van der Waals surface area contributed by atoms with Gasteiger partial charge in [-0.3, -0.25) is 10.1 Å². The number of carbonyl (C=O) groups is 2. The smallest absolute Gasteiger partial charge is 0.411 e. The van der Waals surface area contributed by atoms with E-state index >= 15 is 0 Å². The number of hydrogen-bond acceptors (Lipinski definition) is 5. The first-order valence-electron chi connectivity index (χ1n) is 10.8. The Morgan fingerprint density at radius 3 is 2.27 bits per heavy atom. The van der Waals surface area contributed by atoms with Crippen LogP contribution in [0, 0.1) is 17.7 Å². The number of nitrogens with one attached hydrogen (secondary N) is 2. The maximum atomic E-state index is 13.1. The largest absolute Gasteiger partial charge is 0.449 e. The third-order valence-corrected chi connectivity index (χ3v) is 7.11. The quantitative estimate of drug-likeness (QED) is 0.626. The summed E-state index contributed by atoms with van der Waals surface area (Å²) in [5.41, 5.74) is 1.00. The first kappa shape index (κ1) is 24.7. The Morgan fingerprint density at radius 2 is 1.67 bits per heavy atom. The van der Waals surface area contributed by atoms with Gasteiger partial charge in [0, 0.05) is 30.4 Å². The van der Waals surface area contributed by atoms with Crippen LogP contribution in [0.2, 0.25) is 0 Å². The number of anilines is 2. The van der Waals surface area contributed by atoms with Gasteiger partial charge in [0.1, 0.15) is 5.82 Å². The highest BCUT2D eigenvalue weighted by molar-refractivity contribution is 7.89. The van der Waals surface area contributed by atoms with Gasteiger partial charge in [0.15, 0.2) is 0 Å². The molecule has 1 heterocycles. The van der Waals surface area contributed by atoms with Crippen LogP contribution in [0.1, 0.15) is 26.7 Å². The van der Waals surface area contributed by atoms with Crippen LogP contribution in [0.25, 0.3) is 0 Å². The maximum absolute atomic E-state index is 13.1. The number of hydrogen-bond donors (Lipinski definition) is 2. The van der Waals surface area contributed by atoms with Crippen molar-refractivity contribution in [1.82, 2.24) is 4.31 Å². The molecule has 33 heavy (non-hydrogen) atoms. The van der Waals surface area contributed by atoms with E-state index < -0.39 is 21.9 Å². The summed E-state index contributed by atoms with van der Waals surface area (Å²) in [6.07, 6.45) is 0.166. The van der Waals surface area contributed by atoms with Gasteiger partial charge in [-0.25, -0.2) is 17.6 Å². The summed E-state index contributed by atoms with van der Waals surface area (Å²) in [6.45, 7) is 4.57. The van der Waals surface area contributed by atoms with Gasteiger partial charge >= 0.3 is 6.09 Å². The zero-order chi connectivity index (χ0) is 24.0. The molecular weight excluding hydrogens is 449 g/mol. The number of carbonyl (C=O) groups excluding carboxylic acids is 2. The molecule has 1 saturated heterocycles. The predicted octanol–water partition coefficient (Wildman–Crippen LogP) is 4.07. The number of piperidine rings is 1. The Morgan fingerprint density at radius 1 is 1.06 bits per heavy atom. The summed E-state index contributed by atoms with van der Waals surface area (Å²) in [7, 11) is -3.73. The second-order valence-electron chi connectivity index (χ2n) is 8.32. The van der Waals surface area contributed by atoms with Crippen molar-refractivity contribution in [3.05, 3.63) is 54.3 Å². The fourth-order valence-corrected chi connectivity index (χ4v) is 4.90. The highest BCUT2D eigenvalue weighted by Gasteiger charge is 2.32. The van der Waals surface area contributed by atoms with Crippen LogP contribution >= 0.6 is 0 Å². The molecule has 1 fully saturated rings. The highest BCUT2D eigenvalue weighted by atomic mass is 32.2. The predicted molar refractivity (Wildman–Crippen MR) is 123 cm³/mol. The van der Waals surface area contributed by atoms with Crippen molar-refractivity contribution in [2.45, 2.75) is 31.6 Å². The fraction of sp³-hybridized carbons (Fsp3) is 0.391. The van der Waals surface area contributed by atoms with Crippen LogP contribution < -0.4 is 10.6 Å². The molecule has 0 atom stereocenters. The highest BCUT2D eigenvalue weighted by Crippen LogP contribution is 2.25. The Balaban J connectivity index is 1.54. The summed E-state index contributed by atoms with van der Waals surface area (Å²) in [5.74, 6) is -0.847. The third kappa shape index (κ3) is 6.75. The van der Waals surface area contributed by atoms with Crippen molar-refractivity contribution in [3.8, 4) is 0 Å². The molecule has 8 nitrogen and oxygen atoms in total. The van der Waals surface area contributed by atoms with Crippen molar-refractivity contribution in [3.63, 3.8) is 0 Å². The molecule has 1 aliphatic heterocycles. The van der Waals surface area contributed by atoms with Crippen LogP contribution in [0.3, 0.4) is 0 Å². The zero-order valence-electron chi connectivity index (χ0n) is 18.6. The molecule has 0 aromatic heterocycles. The Labute approximate surface area is 193 Å². The van der Waals surface area contributed by atoms with Gasteiger partial charge in [-0.15, -0.1) is 0 Å². The van der Waals surface area contributed by atoms with E-state index in [4.69, 9.17) is 4.74 Å². The van der Waals surface area contributed by atoms with Gasteiger partial charge in [0.2, 0.25) is 15.9 Å². The summed E-state index contributed by atoms with van der Waals surface area (Å²) in [4.78, 5) is 24.6. The van der Waals surface area contributed by atoms with Crippen LogP contribution in [0.15, 0.2) is 53.4 Å². The minimum absolute atomic E-state index is 0.0306. The van der Waals surface area contributed by atoms with Crippen molar-refractivity contribution >= 4 is 33.4 Å². The van der Waals surface area contributed by atoms with E-state index in [0.717, 1.165) is 12.1 Å². The maximum Gasteiger partial charge on any atom is 0.411 e. The van der Waals surface area contributed by atoms with E-state index in [1.807, 2.05) is 13.8 Å². The zero-order valence-corrected chi connectivity index (χ0v) is 19.4. The normalized spacial score (nSPS) is 15.3. The van der Waals surface area contributed by atoms with E-state index in [1.54, 1.807) is 24.3 Å². The SMILES string of the molecule is CC(C)COC(=O)Nc1cccc(NC(=O)C2CCN(S(=O)(=O)c3ccc(F)cc3)CC2)c1. The van der Waals surface area contributed by atoms with E-state index in [2.05, 4.69) is 10.6 Å². The van der Waals surface area contributed by atoms with Gasteiger partial charge in [-0.05, 0) is 61.2 Å². The first-order chi connectivity index (χ1) is 15.6. The molecule has 2 amide bonds.